The van der Waals surface area contributed by atoms with Crippen molar-refractivity contribution >= 4 is 62.8 Å². The van der Waals surface area contributed by atoms with Crippen LogP contribution in [0.4, 0.5) is 10.5 Å². The van der Waals surface area contributed by atoms with Gasteiger partial charge in [-0.05, 0) is 51.1 Å². The zero-order valence-corrected chi connectivity index (χ0v) is 34.3. The molecular formula is C36H50ClN3O12S2. The van der Waals surface area contributed by atoms with Crippen molar-refractivity contribution in [2.45, 2.75) is 94.8 Å². The van der Waals surface area contributed by atoms with E-state index >= 15 is 0 Å². The Labute approximate surface area is 328 Å². The number of alkyl carbamates (subject to hydrolysis) is 1. The van der Waals surface area contributed by atoms with Gasteiger partial charge in [-0.25, -0.2) is 14.8 Å². The number of nitrogens with one attached hydrogen (secondary N) is 1. The summed E-state index contributed by atoms with van der Waals surface area (Å²) in [5.74, 6) is -3.88. The van der Waals surface area contributed by atoms with Crippen molar-refractivity contribution in [3.63, 3.8) is 0 Å². The predicted molar refractivity (Wildman–Crippen MR) is 204 cm³/mol. The SMILES string of the molecule is COc1cc2cc(c1Cl)N(C)C(=O)C[C@H](OC(=O)[C@H](C)N(C)C(=O)CCSSC)[C@]1(C)O[C@]1(OO)[C@H](C)[C@@H]1C[C@@](O)(NC(=O)O1)[C@H](OC)/C=C/C=C(\C)C2. The summed E-state index contributed by atoms with van der Waals surface area (Å²) in [6, 6.07) is 2.42. The van der Waals surface area contributed by atoms with Gasteiger partial charge in [-0.2, -0.15) is 4.89 Å². The van der Waals surface area contributed by atoms with Gasteiger partial charge in [0.1, 0.15) is 35.1 Å². The van der Waals surface area contributed by atoms with Crippen LogP contribution >= 0.6 is 33.2 Å². The lowest BCUT2D eigenvalue weighted by Gasteiger charge is -2.43. The van der Waals surface area contributed by atoms with Gasteiger partial charge in [-0.15, -0.1) is 0 Å². The van der Waals surface area contributed by atoms with Gasteiger partial charge in [0.15, 0.2) is 11.3 Å². The Bertz CT molecular complexity index is 1650. The maximum Gasteiger partial charge on any atom is 0.409 e. The molecule has 3 aliphatic heterocycles. The molecule has 15 nitrogen and oxygen atoms in total. The molecule has 0 radical (unpaired) electrons. The van der Waals surface area contributed by atoms with Crippen molar-refractivity contribution in [3.05, 3.63) is 46.5 Å². The molecule has 0 aromatic heterocycles. The van der Waals surface area contributed by atoms with Gasteiger partial charge in [-0.1, -0.05) is 63.9 Å². The molecule has 0 saturated carbocycles. The van der Waals surface area contributed by atoms with E-state index in [1.165, 1.54) is 73.6 Å². The summed E-state index contributed by atoms with van der Waals surface area (Å²) in [7, 11) is 8.86. The molecule has 54 heavy (non-hydrogen) atoms. The van der Waals surface area contributed by atoms with Crippen molar-refractivity contribution in [2.75, 3.05) is 45.2 Å². The predicted octanol–water partition coefficient (Wildman–Crippen LogP) is 4.73. The normalized spacial score (nSPS) is 32.2. The maximum atomic E-state index is 14.2. The number of amides is 3. The number of benzene rings is 1. The second-order valence-corrected chi connectivity index (χ2v) is 16.9. The first-order valence-electron chi connectivity index (χ1n) is 17.3. The fourth-order valence-corrected chi connectivity index (χ4v) is 8.31. The van der Waals surface area contributed by atoms with E-state index in [0.29, 0.717) is 23.6 Å². The molecular weight excluding hydrogens is 766 g/mol. The van der Waals surface area contributed by atoms with Gasteiger partial charge >= 0.3 is 12.1 Å². The van der Waals surface area contributed by atoms with E-state index in [-0.39, 0.29) is 23.8 Å². The van der Waals surface area contributed by atoms with E-state index in [4.69, 9.17) is 40.2 Å². The number of hydrogen-bond acceptors (Lipinski definition) is 14. The Morgan fingerprint density at radius 1 is 1.26 bits per heavy atom. The van der Waals surface area contributed by atoms with Crippen LogP contribution in [0.15, 0.2) is 35.9 Å². The minimum absolute atomic E-state index is 0.166. The van der Waals surface area contributed by atoms with Crippen LogP contribution in [-0.2, 0) is 44.6 Å². The highest BCUT2D eigenvalue weighted by molar-refractivity contribution is 8.76. The molecule has 4 rings (SSSR count). The van der Waals surface area contributed by atoms with Crippen LogP contribution in [0.25, 0.3) is 0 Å². The Kier molecular flexibility index (Phi) is 14.4. The lowest BCUT2D eigenvalue weighted by molar-refractivity contribution is -0.340. The number of rotatable bonds is 10. The van der Waals surface area contributed by atoms with Gasteiger partial charge in [0, 0.05) is 39.8 Å². The first kappa shape index (κ1) is 43.7. The van der Waals surface area contributed by atoms with E-state index in [1.54, 1.807) is 31.2 Å². The first-order valence-corrected chi connectivity index (χ1v) is 20.4. The molecule has 3 aliphatic rings. The van der Waals surface area contributed by atoms with Crippen LogP contribution in [0.5, 0.6) is 5.75 Å². The third kappa shape index (κ3) is 8.99. The lowest BCUT2D eigenvalue weighted by atomic mass is 9.81. The standard InChI is InChI=1S/C36H50ClN3O12S2/c1-20-11-10-12-27(48-8)35(45)19-26(49-33(44)38-35)21(2)36(52-46)34(4,51-36)28(50-32(43)22(3)39(5)29(41)13-14-54-53-9)18-30(42)40(6)24-16-23(15-20)17-25(47-7)31(24)37/h10-12,16-17,21-22,26-28,45-46H,13-15,18-19H2,1-9H3,(H,38,44)/b12-10+,20-11+/t21-,22+,26+,27-,28+,34+,35+,36+/m1/s1. The number of epoxide rings is 1. The van der Waals surface area contributed by atoms with Gasteiger partial charge < -0.3 is 38.6 Å². The summed E-state index contributed by atoms with van der Waals surface area (Å²) in [6.45, 7) is 6.43. The molecule has 4 bridgehead atoms. The number of halogens is 1. The first-order chi connectivity index (χ1) is 25.4. The summed E-state index contributed by atoms with van der Waals surface area (Å²) in [5.41, 5.74) is -1.74. The number of allylic oxidation sites excluding steroid dienone is 3. The molecule has 1 aromatic carbocycles. The number of likely N-dealkylation sites (N-methyl/N-ethyl adjacent to an activating group) is 1. The molecule has 3 amide bonds. The minimum Gasteiger partial charge on any atom is -0.495 e. The molecule has 0 unspecified atom stereocenters. The fraction of sp³-hybridized carbons (Fsp3) is 0.611. The zero-order valence-electron chi connectivity index (χ0n) is 31.9. The van der Waals surface area contributed by atoms with E-state index in [0.717, 1.165) is 11.1 Å². The second kappa shape index (κ2) is 17.8. The van der Waals surface area contributed by atoms with Gasteiger partial charge in [0.2, 0.25) is 17.6 Å². The number of carbonyl (C=O) groups is 4. The maximum absolute atomic E-state index is 14.2. The van der Waals surface area contributed by atoms with Crippen LogP contribution < -0.4 is 15.0 Å². The molecule has 0 aliphatic carbocycles. The number of methoxy groups -OCH3 is 2. The zero-order chi connectivity index (χ0) is 40.2. The third-order valence-corrected chi connectivity index (χ3v) is 12.6. The van der Waals surface area contributed by atoms with Crippen LogP contribution in [0, 0.1) is 5.92 Å². The number of fused-ring (bicyclic) bond motifs is 5. The molecule has 300 valence electrons. The Hall–Kier alpha value is -3.03. The van der Waals surface area contributed by atoms with E-state index in [9.17, 15) is 29.5 Å². The Balaban J connectivity index is 1.81. The number of aliphatic hydroxyl groups is 1. The average Bonchev–Trinajstić information content (AvgIpc) is 3.77. The average molecular weight is 816 g/mol. The fourth-order valence-electron chi connectivity index (χ4n) is 6.82. The van der Waals surface area contributed by atoms with Gasteiger partial charge in [-0.3, -0.25) is 14.9 Å². The number of anilines is 1. The number of nitrogens with zero attached hydrogens (tertiary/aromatic N) is 2. The largest absolute Gasteiger partial charge is 0.495 e. The van der Waals surface area contributed by atoms with Crippen molar-refractivity contribution in [1.29, 1.82) is 0 Å². The molecule has 8 atom stereocenters. The van der Waals surface area contributed by atoms with Crippen molar-refractivity contribution in [1.82, 2.24) is 10.2 Å². The number of esters is 1. The monoisotopic (exact) mass is 815 g/mol. The second-order valence-electron chi connectivity index (χ2n) is 13.8. The summed E-state index contributed by atoms with van der Waals surface area (Å²) in [5, 5.41) is 24.9. The molecule has 2 fully saturated rings. The van der Waals surface area contributed by atoms with Gasteiger partial charge in [0.05, 0.1) is 25.1 Å². The van der Waals surface area contributed by atoms with E-state index in [2.05, 4.69) is 5.32 Å². The van der Waals surface area contributed by atoms with E-state index in [1.807, 2.05) is 19.3 Å². The smallest absolute Gasteiger partial charge is 0.409 e. The van der Waals surface area contributed by atoms with Crippen molar-refractivity contribution < 1.29 is 58.1 Å². The minimum atomic E-state index is -2.01. The highest BCUT2D eigenvalue weighted by atomic mass is 35.5. The summed E-state index contributed by atoms with van der Waals surface area (Å²) in [4.78, 5) is 61.4. The summed E-state index contributed by atoms with van der Waals surface area (Å²) in [6.07, 6.45) is 2.24. The number of ether oxygens (including phenoxy) is 5. The molecule has 18 heteroatoms. The molecule has 3 N–H and O–H groups in total. The van der Waals surface area contributed by atoms with Crippen LogP contribution in [0.1, 0.15) is 52.5 Å². The topological polar surface area (TPSA) is 186 Å². The van der Waals surface area contributed by atoms with Gasteiger partial charge in [0.25, 0.3) is 0 Å². The molecule has 1 aromatic rings. The summed E-state index contributed by atoms with van der Waals surface area (Å²) >= 11 is 6.74. The number of carbonyl (C=O) groups excluding carboxylic acids is 4. The summed E-state index contributed by atoms with van der Waals surface area (Å²) < 4.78 is 28.9. The lowest BCUT2D eigenvalue weighted by Crippen LogP contribution is -2.64. The quantitative estimate of drug-likeness (QED) is 0.0735. The molecule has 2 saturated heterocycles. The highest BCUT2D eigenvalue weighted by Gasteiger charge is 2.78. The Morgan fingerprint density at radius 2 is 1.96 bits per heavy atom. The van der Waals surface area contributed by atoms with Crippen LogP contribution in [0.3, 0.4) is 0 Å². The van der Waals surface area contributed by atoms with Crippen molar-refractivity contribution in [2.24, 2.45) is 5.92 Å². The third-order valence-electron chi connectivity index (χ3n) is 10.4. The number of hydrogen-bond donors (Lipinski definition) is 3. The Morgan fingerprint density at radius 3 is 2.59 bits per heavy atom. The highest BCUT2D eigenvalue weighted by Crippen LogP contribution is 2.58. The van der Waals surface area contributed by atoms with Crippen LogP contribution in [-0.4, -0.2) is 121 Å². The molecule has 0 spiro atoms. The van der Waals surface area contributed by atoms with E-state index < -0.39 is 71.8 Å². The van der Waals surface area contributed by atoms with Crippen molar-refractivity contribution in [3.8, 4) is 5.75 Å². The molecule has 3 heterocycles. The van der Waals surface area contributed by atoms with Crippen LogP contribution in [0.2, 0.25) is 5.02 Å².